The Morgan fingerprint density at radius 1 is 1.35 bits per heavy atom. The molecule has 17 heavy (non-hydrogen) atoms. The minimum atomic E-state index is 0. The fourth-order valence-corrected chi connectivity index (χ4v) is 3.87. The number of rotatable bonds is 3. The van der Waals surface area contributed by atoms with Gasteiger partial charge in [-0.25, -0.2) is 0 Å². The van der Waals surface area contributed by atoms with E-state index in [0.29, 0.717) is 5.91 Å². The van der Waals surface area contributed by atoms with Crippen LogP contribution in [0.25, 0.3) is 0 Å². The van der Waals surface area contributed by atoms with E-state index < -0.39 is 0 Å². The summed E-state index contributed by atoms with van der Waals surface area (Å²) in [5.74, 6) is 2.35. The van der Waals surface area contributed by atoms with Crippen LogP contribution in [0.2, 0.25) is 0 Å². The fourth-order valence-electron chi connectivity index (χ4n) is 2.62. The number of hydrogen-bond donors (Lipinski definition) is 1. The van der Waals surface area contributed by atoms with Gasteiger partial charge in [0.25, 0.3) is 0 Å². The minimum Gasteiger partial charge on any atom is -0.342 e. The molecule has 1 atom stereocenters. The number of piperidine rings is 1. The van der Waals surface area contributed by atoms with Crippen LogP contribution >= 0.6 is 24.2 Å². The molecule has 0 radical (unpaired) electrons. The normalized spacial score (nSPS) is 25.7. The molecule has 0 saturated carbocycles. The van der Waals surface area contributed by atoms with E-state index in [0.717, 1.165) is 32.0 Å². The maximum atomic E-state index is 12.2. The number of halogens is 1. The first-order valence-corrected chi connectivity index (χ1v) is 7.41. The van der Waals surface area contributed by atoms with E-state index in [1.807, 2.05) is 18.8 Å². The molecule has 0 aliphatic carbocycles. The van der Waals surface area contributed by atoms with Crippen LogP contribution in [0, 0.1) is 5.92 Å². The van der Waals surface area contributed by atoms with Gasteiger partial charge in [0, 0.05) is 13.1 Å². The van der Waals surface area contributed by atoms with Crippen molar-refractivity contribution in [3.63, 3.8) is 0 Å². The lowest BCUT2D eigenvalue weighted by molar-refractivity contribution is -0.132. The number of carbonyl (C=O) groups excluding carboxylic acids is 1. The molecule has 1 amide bonds. The van der Waals surface area contributed by atoms with E-state index in [1.54, 1.807) is 0 Å². The summed E-state index contributed by atoms with van der Waals surface area (Å²) in [6.45, 7) is 3.05. The Morgan fingerprint density at radius 2 is 2.06 bits per heavy atom. The Bertz CT molecular complexity index is 239. The number of likely N-dealkylation sites (tertiary alicyclic amines) is 1. The second-order valence-electron chi connectivity index (χ2n) is 4.83. The highest BCUT2D eigenvalue weighted by Crippen LogP contribution is 2.29. The number of nitrogens with one attached hydrogen (secondary N) is 1. The van der Waals surface area contributed by atoms with Gasteiger partial charge in [0.2, 0.25) is 5.91 Å². The SMILES string of the molecule is CNCC1CCN(C(=O)C2CCCS2)CC1.Cl. The van der Waals surface area contributed by atoms with Crippen molar-refractivity contribution in [2.24, 2.45) is 5.92 Å². The van der Waals surface area contributed by atoms with Crippen LogP contribution in [0.4, 0.5) is 0 Å². The van der Waals surface area contributed by atoms with E-state index in [9.17, 15) is 4.79 Å². The zero-order valence-corrected chi connectivity index (χ0v) is 12.1. The van der Waals surface area contributed by atoms with Gasteiger partial charge in [-0.05, 0) is 50.9 Å². The lowest BCUT2D eigenvalue weighted by atomic mass is 9.96. The zero-order chi connectivity index (χ0) is 11.4. The fraction of sp³-hybridized carbons (Fsp3) is 0.917. The van der Waals surface area contributed by atoms with E-state index in [2.05, 4.69) is 10.2 Å². The van der Waals surface area contributed by atoms with Crippen LogP contribution in [-0.2, 0) is 4.79 Å². The number of nitrogens with zero attached hydrogens (tertiary/aromatic N) is 1. The first-order valence-electron chi connectivity index (χ1n) is 6.36. The standard InChI is InChI=1S/C12H22N2OS.ClH/c1-13-9-10-4-6-14(7-5-10)12(15)11-3-2-8-16-11;/h10-11,13H,2-9H2,1H3;1H. The lowest BCUT2D eigenvalue weighted by Crippen LogP contribution is -2.43. The summed E-state index contributed by atoms with van der Waals surface area (Å²) in [5.41, 5.74) is 0. The third-order valence-corrected chi connectivity index (χ3v) is 4.99. The van der Waals surface area contributed by atoms with Crippen molar-refractivity contribution in [3.8, 4) is 0 Å². The van der Waals surface area contributed by atoms with Gasteiger partial charge >= 0.3 is 0 Å². The topological polar surface area (TPSA) is 32.3 Å². The third kappa shape index (κ3) is 4.04. The molecular weight excluding hydrogens is 256 g/mol. The zero-order valence-electron chi connectivity index (χ0n) is 10.5. The average Bonchev–Trinajstić information content (AvgIpc) is 2.83. The molecule has 5 heteroatoms. The summed E-state index contributed by atoms with van der Waals surface area (Å²) in [7, 11) is 2.01. The van der Waals surface area contributed by atoms with Crippen LogP contribution in [-0.4, -0.2) is 48.5 Å². The van der Waals surface area contributed by atoms with E-state index in [4.69, 9.17) is 0 Å². The Hall–Kier alpha value is 0.0700. The average molecular weight is 279 g/mol. The molecule has 0 spiro atoms. The quantitative estimate of drug-likeness (QED) is 0.854. The van der Waals surface area contributed by atoms with E-state index in [-0.39, 0.29) is 17.7 Å². The first-order chi connectivity index (χ1) is 7.81. The molecule has 2 aliphatic heterocycles. The van der Waals surface area contributed by atoms with Crippen LogP contribution < -0.4 is 5.32 Å². The molecule has 2 rings (SSSR count). The Balaban J connectivity index is 0.00000144. The molecule has 0 bridgehead atoms. The Morgan fingerprint density at radius 3 is 2.59 bits per heavy atom. The molecule has 1 N–H and O–H groups in total. The minimum absolute atomic E-state index is 0. The molecule has 2 heterocycles. The number of amides is 1. The van der Waals surface area contributed by atoms with Gasteiger partial charge in [0.05, 0.1) is 5.25 Å². The smallest absolute Gasteiger partial charge is 0.235 e. The second-order valence-corrected chi connectivity index (χ2v) is 6.14. The van der Waals surface area contributed by atoms with Crippen molar-refractivity contribution >= 4 is 30.1 Å². The Kier molecular flexibility index (Phi) is 6.67. The maximum absolute atomic E-state index is 12.2. The first kappa shape index (κ1) is 15.1. The largest absolute Gasteiger partial charge is 0.342 e. The third-order valence-electron chi connectivity index (χ3n) is 3.62. The van der Waals surface area contributed by atoms with Crippen molar-refractivity contribution in [2.75, 3.05) is 32.4 Å². The van der Waals surface area contributed by atoms with Crippen LogP contribution in [0.3, 0.4) is 0 Å². The number of carbonyl (C=O) groups is 1. The van der Waals surface area contributed by atoms with Crippen molar-refractivity contribution in [2.45, 2.75) is 30.9 Å². The molecule has 0 aromatic heterocycles. The van der Waals surface area contributed by atoms with Gasteiger partial charge in [-0.2, -0.15) is 0 Å². The van der Waals surface area contributed by atoms with E-state index >= 15 is 0 Å². The number of thioether (sulfide) groups is 1. The molecule has 2 saturated heterocycles. The molecule has 1 unspecified atom stereocenters. The molecule has 0 aromatic carbocycles. The van der Waals surface area contributed by atoms with Gasteiger partial charge in [-0.1, -0.05) is 0 Å². The highest BCUT2D eigenvalue weighted by atomic mass is 35.5. The molecule has 0 aromatic rings. The predicted molar refractivity (Wildman–Crippen MR) is 76.0 cm³/mol. The van der Waals surface area contributed by atoms with Crippen molar-refractivity contribution in [3.05, 3.63) is 0 Å². The highest BCUT2D eigenvalue weighted by molar-refractivity contribution is 8.00. The highest BCUT2D eigenvalue weighted by Gasteiger charge is 2.30. The van der Waals surface area contributed by atoms with Crippen LogP contribution in [0.1, 0.15) is 25.7 Å². The van der Waals surface area contributed by atoms with Gasteiger partial charge < -0.3 is 10.2 Å². The Labute approximate surface area is 114 Å². The molecular formula is C12H23ClN2OS. The van der Waals surface area contributed by atoms with Gasteiger partial charge in [-0.15, -0.1) is 24.2 Å². The van der Waals surface area contributed by atoms with E-state index in [1.165, 1.54) is 25.0 Å². The molecule has 100 valence electrons. The molecule has 2 aliphatic rings. The summed E-state index contributed by atoms with van der Waals surface area (Å²) in [4.78, 5) is 14.2. The van der Waals surface area contributed by atoms with Crippen molar-refractivity contribution < 1.29 is 4.79 Å². The van der Waals surface area contributed by atoms with Crippen molar-refractivity contribution in [1.29, 1.82) is 0 Å². The number of hydrogen-bond acceptors (Lipinski definition) is 3. The van der Waals surface area contributed by atoms with Crippen LogP contribution in [0.5, 0.6) is 0 Å². The summed E-state index contributed by atoms with van der Waals surface area (Å²) >= 11 is 1.85. The second kappa shape index (κ2) is 7.49. The summed E-state index contributed by atoms with van der Waals surface area (Å²) in [6, 6.07) is 0. The summed E-state index contributed by atoms with van der Waals surface area (Å²) in [5, 5.41) is 3.51. The molecule has 2 fully saturated rings. The van der Waals surface area contributed by atoms with Gasteiger partial charge in [0.1, 0.15) is 0 Å². The summed E-state index contributed by atoms with van der Waals surface area (Å²) in [6.07, 6.45) is 4.66. The maximum Gasteiger partial charge on any atom is 0.235 e. The van der Waals surface area contributed by atoms with Crippen LogP contribution in [0.15, 0.2) is 0 Å². The van der Waals surface area contributed by atoms with Gasteiger partial charge in [-0.3, -0.25) is 4.79 Å². The van der Waals surface area contributed by atoms with Gasteiger partial charge in [0.15, 0.2) is 0 Å². The predicted octanol–water partition coefficient (Wildman–Crippen LogP) is 1.76. The van der Waals surface area contributed by atoms with Crippen molar-refractivity contribution in [1.82, 2.24) is 10.2 Å². The molecule has 3 nitrogen and oxygen atoms in total. The monoisotopic (exact) mass is 278 g/mol. The summed E-state index contributed by atoms with van der Waals surface area (Å²) < 4.78 is 0. The lowest BCUT2D eigenvalue weighted by Gasteiger charge is -2.33.